The van der Waals surface area contributed by atoms with Gasteiger partial charge in [0, 0.05) is 11.2 Å². The minimum Gasteiger partial charge on any atom is -0.460 e. The number of hydrogen-bond donors (Lipinski definition) is 1. The molecule has 1 N–H and O–H groups in total. The number of ether oxygens (including phenoxy) is 1. The maximum Gasteiger partial charge on any atom is 0.409 e. The van der Waals surface area contributed by atoms with Gasteiger partial charge in [-0.2, -0.15) is 0 Å². The fourth-order valence-corrected chi connectivity index (χ4v) is 2.79. The predicted octanol–water partition coefficient (Wildman–Crippen LogP) is 3.75. The standard InChI is InChI=1S/C15H15ClNO4P/c16-22(19,21-14-9-5-2-6-10-14)17-11-15(18)20-12-13-7-3-1-4-8-13/h1-10H,11-12H2,(H,17,19). The number of hydrogen-bond acceptors (Lipinski definition) is 4. The summed E-state index contributed by atoms with van der Waals surface area (Å²) in [6, 6.07) is 17.7. The summed E-state index contributed by atoms with van der Waals surface area (Å²) in [6.45, 7) is -3.80. The topological polar surface area (TPSA) is 64.6 Å². The van der Waals surface area contributed by atoms with Crippen molar-refractivity contribution in [3.63, 3.8) is 0 Å². The van der Waals surface area contributed by atoms with Crippen LogP contribution in [0.15, 0.2) is 60.7 Å². The molecule has 0 saturated carbocycles. The zero-order valence-electron chi connectivity index (χ0n) is 11.6. The second-order valence-electron chi connectivity index (χ2n) is 4.37. The average molecular weight is 340 g/mol. The van der Waals surface area contributed by atoms with Crippen molar-refractivity contribution in [2.45, 2.75) is 6.61 Å². The van der Waals surface area contributed by atoms with E-state index in [4.69, 9.17) is 20.5 Å². The lowest BCUT2D eigenvalue weighted by atomic mass is 10.2. The summed E-state index contributed by atoms with van der Waals surface area (Å²) in [5.74, 6) is -0.215. The highest BCUT2D eigenvalue weighted by atomic mass is 35.7. The van der Waals surface area contributed by atoms with Crippen LogP contribution in [0.5, 0.6) is 5.75 Å². The smallest absolute Gasteiger partial charge is 0.409 e. The van der Waals surface area contributed by atoms with Crippen molar-refractivity contribution in [1.29, 1.82) is 0 Å². The average Bonchev–Trinajstić information content (AvgIpc) is 2.53. The van der Waals surface area contributed by atoms with E-state index in [1.165, 1.54) is 0 Å². The molecular formula is C15H15ClNO4P. The molecule has 2 rings (SSSR count). The van der Waals surface area contributed by atoms with E-state index in [1.54, 1.807) is 30.3 Å². The number of carbonyl (C=O) groups excluding carboxylic acids is 1. The lowest BCUT2D eigenvalue weighted by Crippen LogP contribution is -2.22. The number of halogens is 1. The molecule has 2 aromatic rings. The molecule has 0 amide bonds. The molecule has 0 spiro atoms. The maximum absolute atomic E-state index is 12.0. The first-order chi connectivity index (χ1) is 10.6. The number of nitrogens with one attached hydrogen (secondary N) is 1. The molecule has 0 radical (unpaired) electrons. The van der Waals surface area contributed by atoms with Crippen LogP contribution < -0.4 is 9.61 Å². The van der Waals surface area contributed by atoms with Crippen LogP contribution in [0.25, 0.3) is 0 Å². The molecule has 0 heterocycles. The zero-order chi connectivity index (χ0) is 15.8. The Morgan fingerprint density at radius 1 is 1.05 bits per heavy atom. The maximum atomic E-state index is 12.0. The van der Waals surface area contributed by atoms with Gasteiger partial charge in [-0.1, -0.05) is 48.5 Å². The van der Waals surface area contributed by atoms with Crippen LogP contribution in [0.3, 0.4) is 0 Å². The van der Waals surface area contributed by atoms with E-state index in [1.807, 2.05) is 30.3 Å². The quantitative estimate of drug-likeness (QED) is 0.615. The molecule has 2 aromatic carbocycles. The molecule has 0 fully saturated rings. The van der Waals surface area contributed by atoms with Gasteiger partial charge in [-0.25, -0.2) is 9.65 Å². The van der Waals surface area contributed by atoms with Gasteiger partial charge in [-0.05, 0) is 17.7 Å². The van der Waals surface area contributed by atoms with Gasteiger partial charge in [-0.15, -0.1) is 0 Å². The minimum absolute atomic E-state index is 0.146. The van der Waals surface area contributed by atoms with Gasteiger partial charge < -0.3 is 9.26 Å². The Bertz CT molecular complexity index is 651. The number of esters is 1. The van der Waals surface area contributed by atoms with Gasteiger partial charge >= 0.3 is 12.8 Å². The van der Waals surface area contributed by atoms with Crippen LogP contribution >= 0.6 is 18.1 Å². The highest BCUT2D eigenvalue weighted by Crippen LogP contribution is 2.47. The van der Waals surface area contributed by atoms with E-state index >= 15 is 0 Å². The first-order valence-electron chi connectivity index (χ1n) is 6.54. The summed E-state index contributed by atoms with van der Waals surface area (Å²) < 4.78 is 22.1. The van der Waals surface area contributed by atoms with Crippen LogP contribution in [0, 0.1) is 0 Å². The number of rotatable bonds is 7. The SMILES string of the molecule is O=C(CNP(=O)(Cl)Oc1ccccc1)OCc1ccccc1. The Morgan fingerprint density at radius 3 is 2.27 bits per heavy atom. The van der Waals surface area contributed by atoms with E-state index in [0.29, 0.717) is 5.75 Å². The molecule has 116 valence electrons. The number of benzene rings is 2. The predicted molar refractivity (Wildman–Crippen MR) is 84.8 cm³/mol. The molecular weight excluding hydrogens is 325 g/mol. The largest absolute Gasteiger partial charge is 0.460 e. The Kier molecular flexibility index (Phi) is 6.01. The van der Waals surface area contributed by atoms with E-state index in [-0.39, 0.29) is 13.2 Å². The highest BCUT2D eigenvalue weighted by molar-refractivity contribution is 7.84. The molecule has 0 aliphatic carbocycles. The Morgan fingerprint density at radius 2 is 1.64 bits per heavy atom. The van der Waals surface area contributed by atoms with E-state index in [2.05, 4.69) is 5.09 Å². The zero-order valence-corrected chi connectivity index (χ0v) is 13.3. The van der Waals surface area contributed by atoms with Gasteiger partial charge in [0.2, 0.25) is 0 Å². The summed E-state index contributed by atoms with van der Waals surface area (Å²) in [7, 11) is 0. The fraction of sp³-hybridized carbons (Fsp3) is 0.133. The van der Waals surface area contributed by atoms with Crippen molar-refractivity contribution >= 4 is 24.1 Å². The molecule has 22 heavy (non-hydrogen) atoms. The van der Waals surface area contributed by atoms with Gasteiger partial charge in [0.1, 0.15) is 18.9 Å². The summed E-state index contributed by atoms with van der Waals surface area (Å²) >= 11 is 5.75. The second-order valence-corrected chi connectivity index (χ2v) is 7.16. The second kappa shape index (κ2) is 7.99. The van der Waals surface area contributed by atoms with Crippen molar-refractivity contribution in [1.82, 2.24) is 5.09 Å². The molecule has 0 aromatic heterocycles. The fourth-order valence-electron chi connectivity index (χ4n) is 1.60. The van der Waals surface area contributed by atoms with Crippen molar-refractivity contribution in [3.8, 4) is 5.75 Å². The summed E-state index contributed by atoms with van der Waals surface area (Å²) in [5, 5.41) is 2.37. The van der Waals surface area contributed by atoms with Crippen molar-refractivity contribution in [2.75, 3.05) is 6.54 Å². The third-order valence-corrected chi connectivity index (χ3v) is 4.17. The first kappa shape index (κ1) is 16.6. The number of carbonyl (C=O) groups is 1. The Hall–Kier alpha value is -1.81. The summed E-state index contributed by atoms with van der Waals surface area (Å²) in [6.07, 6.45) is 0. The molecule has 1 unspecified atom stereocenters. The van der Waals surface area contributed by atoms with Gasteiger partial charge in [0.25, 0.3) is 0 Å². The van der Waals surface area contributed by atoms with Crippen molar-refractivity contribution < 1.29 is 18.6 Å². The molecule has 0 saturated heterocycles. The molecule has 7 heteroatoms. The molecule has 0 aliphatic rings. The van der Waals surface area contributed by atoms with Crippen LogP contribution in [-0.2, 0) is 20.7 Å². The van der Waals surface area contributed by atoms with Crippen molar-refractivity contribution in [2.24, 2.45) is 0 Å². The Labute approximate surface area is 133 Å². The monoisotopic (exact) mass is 339 g/mol. The third-order valence-electron chi connectivity index (χ3n) is 2.62. The van der Waals surface area contributed by atoms with Crippen LogP contribution in [0.4, 0.5) is 0 Å². The highest BCUT2D eigenvalue weighted by Gasteiger charge is 2.22. The van der Waals surface area contributed by atoms with E-state index in [9.17, 15) is 9.36 Å². The normalized spacial score (nSPS) is 13.1. The Balaban J connectivity index is 1.76. The molecule has 0 bridgehead atoms. The van der Waals surface area contributed by atoms with E-state index in [0.717, 1.165) is 5.56 Å². The third kappa shape index (κ3) is 5.90. The lowest BCUT2D eigenvalue weighted by molar-refractivity contribution is -0.143. The van der Waals surface area contributed by atoms with Crippen molar-refractivity contribution in [3.05, 3.63) is 66.2 Å². The molecule has 1 atom stereocenters. The van der Waals surface area contributed by atoms with Crippen LogP contribution in [0.1, 0.15) is 5.56 Å². The molecule has 0 aliphatic heterocycles. The van der Waals surface area contributed by atoms with Gasteiger partial charge in [0.05, 0.1) is 0 Å². The van der Waals surface area contributed by atoms with E-state index < -0.39 is 12.8 Å². The minimum atomic E-state index is -3.64. The number of para-hydroxylation sites is 1. The lowest BCUT2D eigenvalue weighted by Gasteiger charge is -2.13. The summed E-state index contributed by atoms with van der Waals surface area (Å²) in [4.78, 5) is 11.6. The van der Waals surface area contributed by atoms with Gasteiger partial charge in [-0.3, -0.25) is 4.79 Å². The summed E-state index contributed by atoms with van der Waals surface area (Å²) in [5.41, 5.74) is 0.866. The van der Waals surface area contributed by atoms with Crippen LogP contribution in [-0.4, -0.2) is 12.5 Å². The van der Waals surface area contributed by atoms with Crippen LogP contribution in [0.2, 0.25) is 0 Å². The van der Waals surface area contributed by atoms with Gasteiger partial charge in [0.15, 0.2) is 0 Å². The first-order valence-corrected chi connectivity index (χ1v) is 9.07. The molecule has 5 nitrogen and oxygen atoms in total.